The zero-order chi connectivity index (χ0) is 19.4. The maximum absolute atomic E-state index is 12.5. The second-order valence-corrected chi connectivity index (χ2v) is 6.56. The lowest BCUT2D eigenvalue weighted by molar-refractivity contribution is -0.130. The Labute approximate surface area is 158 Å². The quantitative estimate of drug-likeness (QED) is 0.645. The minimum Gasteiger partial charge on any atom is -0.494 e. The van der Waals surface area contributed by atoms with E-state index in [-0.39, 0.29) is 18.0 Å². The summed E-state index contributed by atoms with van der Waals surface area (Å²) in [5.74, 6) is 0.828. The Hall–Kier alpha value is -3.02. The Kier molecular flexibility index (Phi) is 5.64. The molecule has 142 valence electrons. The molecule has 1 aromatic heterocycles. The highest BCUT2D eigenvalue weighted by Gasteiger charge is 2.14. The average molecular weight is 367 g/mol. The van der Waals surface area contributed by atoms with Gasteiger partial charge in [0.15, 0.2) is 0 Å². The lowest BCUT2D eigenvalue weighted by Gasteiger charge is -2.17. The molecule has 0 aliphatic carbocycles. The molecule has 0 atom stereocenters. The molecule has 0 spiro atoms. The summed E-state index contributed by atoms with van der Waals surface area (Å²) in [5.41, 5.74) is 2.67. The van der Waals surface area contributed by atoms with E-state index in [1.54, 1.807) is 28.1 Å². The summed E-state index contributed by atoms with van der Waals surface area (Å²) in [6.07, 6.45) is 0.279. The van der Waals surface area contributed by atoms with Crippen LogP contribution in [0.5, 0.6) is 5.75 Å². The Morgan fingerprint density at radius 1 is 1.07 bits per heavy atom. The molecule has 0 saturated heterocycles. The minimum absolute atomic E-state index is 0.00344. The molecule has 0 bridgehead atoms. The van der Waals surface area contributed by atoms with E-state index < -0.39 is 0 Å². The predicted molar refractivity (Wildman–Crippen MR) is 106 cm³/mol. The van der Waals surface area contributed by atoms with Crippen LogP contribution in [0.4, 0.5) is 0 Å². The first kappa shape index (κ1) is 18.8. The van der Waals surface area contributed by atoms with E-state index in [0.29, 0.717) is 19.7 Å². The zero-order valence-corrected chi connectivity index (χ0v) is 16.0. The molecular weight excluding hydrogens is 342 g/mol. The van der Waals surface area contributed by atoms with Gasteiger partial charge in [-0.25, -0.2) is 4.79 Å². The van der Waals surface area contributed by atoms with Crippen molar-refractivity contribution in [3.63, 3.8) is 0 Å². The third-order valence-corrected chi connectivity index (χ3v) is 4.68. The van der Waals surface area contributed by atoms with Crippen LogP contribution in [-0.2, 0) is 24.9 Å². The second kappa shape index (κ2) is 8.12. The van der Waals surface area contributed by atoms with E-state index in [2.05, 4.69) is 0 Å². The normalized spacial score (nSPS) is 10.9. The number of carbonyl (C=O) groups excluding carboxylic acids is 1. The van der Waals surface area contributed by atoms with E-state index in [1.165, 1.54) is 0 Å². The Balaban J connectivity index is 1.64. The highest BCUT2D eigenvalue weighted by Crippen LogP contribution is 2.15. The number of carbonyl (C=O) groups is 1. The number of imidazole rings is 1. The molecule has 3 aromatic rings. The van der Waals surface area contributed by atoms with Gasteiger partial charge in [-0.2, -0.15) is 0 Å². The van der Waals surface area contributed by atoms with E-state index in [1.807, 2.05) is 55.5 Å². The molecule has 0 fully saturated rings. The molecular formula is C21H25N3O3. The maximum Gasteiger partial charge on any atom is 0.328 e. The highest BCUT2D eigenvalue weighted by atomic mass is 16.5. The van der Waals surface area contributed by atoms with Crippen LogP contribution >= 0.6 is 0 Å². The number of para-hydroxylation sites is 2. The number of hydrogen-bond donors (Lipinski definition) is 0. The van der Waals surface area contributed by atoms with Gasteiger partial charge in [0.1, 0.15) is 5.75 Å². The van der Waals surface area contributed by atoms with Crippen LogP contribution in [0.1, 0.15) is 18.9 Å². The van der Waals surface area contributed by atoms with Gasteiger partial charge in [0.2, 0.25) is 5.91 Å². The minimum atomic E-state index is -0.0989. The molecule has 0 radical (unpaired) electrons. The van der Waals surface area contributed by atoms with Gasteiger partial charge in [-0.15, -0.1) is 0 Å². The van der Waals surface area contributed by atoms with E-state index in [0.717, 1.165) is 22.3 Å². The van der Waals surface area contributed by atoms with Gasteiger partial charge in [-0.1, -0.05) is 24.3 Å². The van der Waals surface area contributed by atoms with E-state index >= 15 is 0 Å². The first-order valence-corrected chi connectivity index (χ1v) is 9.11. The summed E-state index contributed by atoms with van der Waals surface area (Å²) in [6.45, 7) is 3.47. The van der Waals surface area contributed by atoms with Gasteiger partial charge in [0.25, 0.3) is 0 Å². The smallest absolute Gasteiger partial charge is 0.328 e. The number of aromatic nitrogens is 2. The molecule has 6 nitrogen and oxygen atoms in total. The number of fused-ring (bicyclic) bond motifs is 1. The third-order valence-electron chi connectivity index (χ3n) is 4.68. The van der Waals surface area contributed by atoms with Crippen LogP contribution in [0.2, 0.25) is 0 Å². The molecule has 6 heteroatoms. The second-order valence-electron chi connectivity index (χ2n) is 6.56. The van der Waals surface area contributed by atoms with E-state index in [4.69, 9.17) is 4.74 Å². The molecule has 27 heavy (non-hydrogen) atoms. The molecule has 0 saturated carbocycles. The molecule has 2 aromatic carbocycles. The number of benzene rings is 2. The maximum atomic E-state index is 12.5. The predicted octanol–water partition coefficient (Wildman–Crippen LogP) is 2.79. The van der Waals surface area contributed by atoms with Crippen LogP contribution in [0.3, 0.4) is 0 Å². The lowest BCUT2D eigenvalue weighted by atomic mass is 10.2. The van der Waals surface area contributed by atoms with Gasteiger partial charge in [0, 0.05) is 33.6 Å². The molecule has 0 aliphatic rings. The lowest BCUT2D eigenvalue weighted by Crippen LogP contribution is -2.29. The summed E-state index contributed by atoms with van der Waals surface area (Å²) in [6, 6.07) is 15.4. The number of aryl methyl sites for hydroxylation is 2. The monoisotopic (exact) mass is 367 g/mol. The van der Waals surface area contributed by atoms with Gasteiger partial charge in [0.05, 0.1) is 17.6 Å². The highest BCUT2D eigenvalue weighted by molar-refractivity contribution is 5.77. The zero-order valence-electron chi connectivity index (χ0n) is 16.0. The first-order chi connectivity index (χ1) is 13.0. The fourth-order valence-corrected chi connectivity index (χ4v) is 3.20. The first-order valence-electron chi connectivity index (χ1n) is 9.11. The van der Waals surface area contributed by atoms with Crippen molar-refractivity contribution in [2.24, 2.45) is 7.05 Å². The van der Waals surface area contributed by atoms with Gasteiger partial charge >= 0.3 is 5.69 Å². The average Bonchev–Trinajstić information content (AvgIpc) is 2.92. The number of amides is 1. The van der Waals surface area contributed by atoms with Gasteiger partial charge in [-0.05, 0) is 36.8 Å². The summed E-state index contributed by atoms with van der Waals surface area (Å²) in [5, 5.41) is 0. The third kappa shape index (κ3) is 4.05. The topological polar surface area (TPSA) is 56.5 Å². The number of nitrogens with zero attached hydrogens (tertiary/aromatic N) is 3. The van der Waals surface area contributed by atoms with Crippen LogP contribution in [0.25, 0.3) is 11.0 Å². The molecule has 0 unspecified atom stereocenters. The molecule has 0 N–H and O–H groups in total. The van der Waals surface area contributed by atoms with Crippen LogP contribution in [0.15, 0.2) is 53.3 Å². The SMILES string of the molecule is CCOc1ccc(CN(C)C(=O)CCn2c(=O)n(C)c3ccccc32)cc1. The van der Waals surface area contributed by atoms with Crippen molar-refractivity contribution in [3.8, 4) is 5.75 Å². The van der Waals surface area contributed by atoms with E-state index in [9.17, 15) is 9.59 Å². The largest absolute Gasteiger partial charge is 0.494 e. The van der Waals surface area contributed by atoms with Crippen molar-refractivity contribution >= 4 is 16.9 Å². The molecule has 1 heterocycles. The standard InChI is InChI=1S/C21H25N3O3/c1-4-27-17-11-9-16(10-12-17)15-22(2)20(25)13-14-24-19-8-6-5-7-18(19)23(3)21(24)26/h5-12H,4,13-15H2,1-3H3. The van der Waals surface area contributed by atoms with Crippen molar-refractivity contribution in [3.05, 3.63) is 64.6 Å². The van der Waals surface area contributed by atoms with Crippen LogP contribution in [-0.4, -0.2) is 33.6 Å². The van der Waals surface area contributed by atoms with Crippen molar-refractivity contribution in [1.82, 2.24) is 14.0 Å². The van der Waals surface area contributed by atoms with Crippen LogP contribution in [0, 0.1) is 0 Å². The van der Waals surface area contributed by atoms with Crippen molar-refractivity contribution in [1.29, 1.82) is 0 Å². The summed E-state index contributed by atoms with van der Waals surface area (Å²) in [4.78, 5) is 26.6. The number of rotatable bonds is 7. The van der Waals surface area contributed by atoms with Crippen molar-refractivity contribution in [2.45, 2.75) is 26.4 Å². The number of ether oxygens (including phenoxy) is 1. The summed E-state index contributed by atoms with van der Waals surface area (Å²) < 4.78 is 8.71. The van der Waals surface area contributed by atoms with Crippen LogP contribution < -0.4 is 10.4 Å². The fraction of sp³-hybridized carbons (Fsp3) is 0.333. The Bertz CT molecular complexity index is 986. The van der Waals surface area contributed by atoms with Gasteiger partial charge in [-0.3, -0.25) is 13.9 Å². The fourth-order valence-electron chi connectivity index (χ4n) is 3.20. The Morgan fingerprint density at radius 2 is 1.74 bits per heavy atom. The number of hydrogen-bond acceptors (Lipinski definition) is 3. The Morgan fingerprint density at radius 3 is 2.41 bits per heavy atom. The van der Waals surface area contributed by atoms with Crippen molar-refractivity contribution < 1.29 is 9.53 Å². The summed E-state index contributed by atoms with van der Waals surface area (Å²) >= 11 is 0. The van der Waals surface area contributed by atoms with Crippen molar-refractivity contribution in [2.75, 3.05) is 13.7 Å². The molecule has 1 amide bonds. The molecule has 3 rings (SSSR count). The van der Waals surface area contributed by atoms with Gasteiger partial charge < -0.3 is 9.64 Å². The summed E-state index contributed by atoms with van der Waals surface area (Å²) in [7, 11) is 3.53. The molecule has 0 aliphatic heterocycles.